The van der Waals surface area contributed by atoms with Crippen molar-refractivity contribution in [3.05, 3.63) is 68.4 Å². The Morgan fingerprint density at radius 3 is 2.70 bits per heavy atom. The second kappa shape index (κ2) is 6.68. The van der Waals surface area contributed by atoms with Crippen LogP contribution in [-0.4, -0.2) is 0 Å². The summed E-state index contributed by atoms with van der Waals surface area (Å²) < 4.78 is 14.5. The lowest BCUT2D eigenvalue weighted by atomic mass is 9.98. The first kappa shape index (κ1) is 15.4. The van der Waals surface area contributed by atoms with E-state index in [1.54, 1.807) is 12.1 Å². The molecule has 0 aliphatic heterocycles. The average Bonchev–Trinajstić information content (AvgIpc) is 2.44. The van der Waals surface area contributed by atoms with E-state index in [1.807, 2.05) is 25.1 Å². The molecule has 0 aliphatic rings. The first-order chi connectivity index (χ1) is 9.54. The summed E-state index contributed by atoms with van der Waals surface area (Å²) in [6, 6.07) is 10.6. The Kier molecular flexibility index (Phi) is 5.16. The molecule has 0 saturated carbocycles. The van der Waals surface area contributed by atoms with Crippen LogP contribution >= 0.6 is 27.5 Å². The van der Waals surface area contributed by atoms with Crippen LogP contribution < -0.4 is 11.3 Å². The number of hydrogen-bond donors (Lipinski definition) is 2. The van der Waals surface area contributed by atoms with Gasteiger partial charge in [0.15, 0.2) is 0 Å². The maximum atomic E-state index is 13.5. The molecule has 1 unspecified atom stereocenters. The van der Waals surface area contributed by atoms with Gasteiger partial charge in [0, 0.05) is 4.47 Å². The summed E-state index contributed by atoms with van der Waals surface area (Å²) >= 11 is 9.56. The molecule has 2 aromatic rings. The highest BCUT2D eigenvalue weighted by atomic mass is 79.9. The van der Waals surface area contributed by atoms with Gasteiger partial charge >= 0.3 is 0 Å². The fraction of sp³-hybridized carbons (Fsp3) is 0.200. The van der Waals surface area contributed by atoms with Gasteiger partial charge in [-0.15, -0.1) is 0 Å². The Hall–Kier alpha value is -0.940. The number of aryl methyl sites for hydroxylation is 1. The Labute approximate surface area is 131 Å². The lowest BCUT2D eigenvalue weighted by Gasteiger charge is -2.19. The summed E-state index contributed by atoms with van der Waals surface area (Å²) in [6.07, 6.45) is 0.509. The van der Waals surface area contributed by atoms with Crippen LogP contribution in [0.15, 0.2) is 40.9 Å². The fourth-order valence-corrected chi connectivity index (χ4v) is 2.87. The summed E-state index contributed by atoms with van der Waals surface area (Å²) in [5, 5.41) is 0.150. The summed E-state index contributed by atoms with van der Waals surface area (Å²) in [6.45, 7) is 2.01. The molecule has 0 spiro atoms. The van der Waals surface area contributed by atoms with Crippen molar-refractivity contribution < 1.29 is 4.39 Å². The quantitative estimate of drug-likeness (QED) is 0.632. The molecule has 20 heavy (non-hydrogen) atoms. The number of hydrazine groups is 1. The van der Waals surface area contributed by atoms with E-state index in [-0.39, 0.29) is 11.1 Å². The van der Waals surface area contributed by atoms with Crippen molar-refractivity contribution >= 4 is 27.5 Å². The van der Waals surface area contributed by atoms with Gasteiger partial charge < -0.3 is 0 Å². The lowest BCUT2D eigenvalue weighted by Crippen LogP contribution is -2.30. The van der Waals surface area contributed by atoms with Crippen LogP contribution in [0.5, 0.6) is 0 Å². The van der Waals surface area contributed by atoms with Crippen LogP contribution in [0.4, 0.5) is 4.39 Å². The van der Waals surface area contributed by atoms with Crippen molar-refractivity contribution in [1.82, 2.24) is 5.43 Å². The van der Waals surface area contributed by atoms with Gasteiger partial charge in [0.25, 0.3) is 0 Å². The van der Waals surface area contributed by atoms with Gasteiger partial charge in [0.2, 0.25) is 0 Å². The topological polar surface area (TPSA) is 38.0 Å². The van der Waals surface area contributed by atoms with Crippen LogP contribution in [0.2, 0.25) is 5.02 Å². The molecule has 3 N–H and O–H groups in total. The summed E-state index contributed by atoms with van der Waals surface area (Å²) in [5.74, 6) is 5.24. The number of benzene rings is 2. The highest BCUT2D eigenvalue weighted by Gasteiger charge is 2.17. The molecule has 0 bridgehead atoms. The van der Waals surface area contributed by atoms with Crippen molar-refractivity contribution in [1.29, 1.82) is 0 Å². The molecular weight excluding hydrogens is 343 g/mol. The third-order valence-electron chi connectivity index (χ3n) is 3.25. The standard InChI is InChI=1S/C15H15BrClFN2/c1-9-4-2-6-11(14(9)16)13(20-19)8-10-5-3-7-12(18)15(10)17/h2-7,13,20H,8,19H2,1H3. The molecule has 0 aliphatic carbocycles. The zero-order valence-electron chi connectivity index (χ0n) is 11.0. The van der Waals surface area contributed by atoms with E-state index >= 15 is 0 Å². The Morgan fingerprint density at radius 2 is 2.00 bits per heavy atom. The minimum absolute atomic E-state index is 0.149. The zero-order valence-corrected chi connectivity index (χ0v) is 13.3. The van der Waals surface area contributed by atoms with Crippen molar-refractivity contribution in [3.63, 3.8) is 0 Å². The van der Waals surface area contributed by atoms with Crippen LogP contribution in [0.3, 0.4) is 0 Å². The van der Waals surface area contributed by atoms with Gasteiger partial charge in [-0.05, 0) is 36.1 Å². The van der Waals surface area contributed by atoms with Gasteiger partial charge in [0.05, 0.1) is 11.1 Å². The number of hydrogen-bond acceptors (Lipinski definition) is 2. The lowest BCUT2D eigenvalue weighted by molar-refractivity contribution is 0.546. The Balaban J connectivity index is 2.34. The Morgan fingerprint density at radius 1 is 1.30 bits per heavy atom. The van der Waals surface area contributed by atoms with Crippen molar-refractivity contribution in [2.75, 3.05) is 0 Å². The summed E-state index contributed by atoms with van der Waals surface area (Å²) in [4.78, 5) is 0. The van der Waals surface area contributed by atoms with Crippen molar-refractivity contribution in [2.24, 2.45) is 5.84 Å². The second-order valence-electron chi connectivity index (χ2n) is 4.61. The van der Waals surface area contributed by atoms with E-state index in [1.165, 1.54) is 6.07 Å². The SMILES string of the molecule is Cc1cccc(C(Cc2cccc(F)c2Cl)NN)c1Br. The van der Waals surface area contributed by atoms with Gasteiger partial charge in [-0.25, -0.2) is 4.39 Å². The maximum absolute atomic E-state index is 13.5. The minimum atomic E-state index is -0.414. The first-order valence-corrected chi connectivity index (χ1v) is 7.35. The number of halogens is 3. The molecule has 0 amide bonds. The molecule has 2 rings (SSSR count). The van der Waals surface area contributed by atoms with Crippen LogP contribution in [-0.2, 0) is 6.42 Å². The molecule has 2 aromatic carbocycles. The Bertz CT molecular complexity index is 619. The third-order valence-corrected chi connectivity index (χ3v) is 4.76. The van der Waals surface area contributed by atoms with Crippen LogP contribution in [0, 0.1) is 12.7 Å². The smallest absolute Gasteiger partial charge is 0.142 e. The van der Waals surface area contributed by atoms with Gasteiger partial charge in [-0.3, -0.25) is 11.3 Å². The van der Waals surface area contributed by atoms with Crippen molar-refractivity contribution in [2.45, 2.75) is 19.4 Å². The normalized spacial score (nSPS) is 12.4. The van der Waals surface area contributed by atoms with E-state index in [4.69, 9.17) is 17.4 Å². The summed E-state index contributed by atoms with van der Waals surface area (Å²) in [7, 11) is 0. The fourth-order valence-electron chi connectivity index (χ4n) is 2.12. The highest BCUT2D eigenvalue weighted by Crippen LogP contribution is 2.30. The monoisotopic (exact) mass is 356 g/mol. The maximum Gasteiger partial charge on any atom is 0.142 e. The molecule has 0 radical (unpaired) electrons. The number of nitrogens with two attached hydrogens (primary N) is 1. The molecule has 0 saturated heterocycles. The van der Waals surface area contributed by atoms with E-state index in [0.29, 0.717) is 6.42 Å². The zero-order chi connectivity index (χ0) is 14.7. The van der Waals surface area contributed by atoms with E-state index in [2.05, 4.69) is 21.4 Å². The van der Waals surface area contributed by atoms with Crippen LogP contribution in [0.25, 0.3) is 0 Å². The van der Waals surface area contributed by atoms with Gasteiger partial charge in [-0.2, -0.15) is 0 Å². The predicted molar refractivity (Wildman–Crippen MR) is 84.1 cm³/mol. The van der Waals surface area contributed by atoms with Gasteiger partial charge in [-0.1, -0.05) is 57.9 Å². The molecule has 1 atom stereocenters. The highest BCUT2D eigenvalue weighted by molar-refractivity contribution is 9.10. The van der Waals surface area contributed by atoms with E-state index in [0.717, 1.165) is 21.2 Å². The molecular formula is C15H15BrClFN2. The van der Waals surface area contributed by atoms with Gasteiger partial charge in [0.1, 0.15) is 5.82 Å². The molecule has 0 aromatic heterocycles. The first-order valence-electron chi connectivity index (χ1n) is 6.18. The number of nitrogens with one attached hydrogen (secondary N) is 1. The predicted octanol–water partition coefficient (Wildman–Crippen LogP) is 4.30. The molecule has 2 nitrogen and oxygen atoms in total. The van der Waals surface area contributed by atoms with E-state index < -0.39 is 5.82 Å². The molecule has 0 fully saturated rings. The average molecular weight is 358 g/mol. The largest absolute Gasteiger partial charge is 0.271 e. The van der Waals surface area contributed by atoms with Crippen LogP contribution in [0.1, 0.15) is 22.7 Å². The van der Waals surface area contributed by atoms with E-state index in [9.17, 15) is 4.39 Å². The summed E-state index contributed by atoms with van der Waals surface area (Å²) in [5.41, 5.74) is 5.64. The van der Waals surface area contributed by atoms with Crippen molar-refractivity contribution in [3.8, 4) is 0 Å². The number of rotatable bonds is 4. The molecule has 5 heteroatoms. The minimum Gasteiger partial charge on any atom is -0.271 e. The third kappa shape index (κ3) is 3.20. The second-order valence-corrected chi connectivity index (χ2v) is 5.79. The molecule has 106 valence electrons. The molecule has 0 heterocycles.